The van der Waals surface area contributed by atoms with Gasteiger partial charge in [-0.25, -0.2) is 4.99 Å². The summed E-state index contributed by atoms with van der Waals surface area (Å²) in [5.74, 6) is 0.714. The minimum absolute atomic E-state index is 0.682. The molecule has 0 unspecified atom stereocenters. The minimum atomic E-state index is 0.682. The summed E-state index contributed by atoms with van der Waals surface area (Å²) in [5, 5.41) is 9.21. The van der Waals surface area contributed by atoms with Crippen LogP contribution >= 0.6 is 11.6 Å². The Hall–Kier alpha value is -2.98. The normalized spacial score (nSPS) is 11.8. The predicted octanol–water partition coefficient (Wildman–Crippen LogP) is 4.71. The first kappa shape index (κ1) is 14.6. The quantitative estimate of drug-likeness (QED) is 0.394. The van der Waals surface area contributed by atoms with E-state index in [1.807, 2.05) is 78.9 Å². The summed E-state index contributed by atoms with van der Waals surface area (Å²) in [4.78, 5) is 4.78. The van der Waals surface area contributed by atoms with Gasteiger partial charge in [0.25, 0.3) is 0 Å². The van der Waals surface area contributed by atoms with Crippen LogP contribution in [-0.2, 0) is 0 Å². The van der Waals surface area contributed by atoms with E-state index >= 15 is 0 Å². The molecule has 0 fully saturated rings. The van der Waals surface area contributed by atoms with E-state index in [1.165, 1.54) is 0 Å². The zero-order valence-electron chi connectivity index (χ0n) is 12.7. The van der Waals surface area contributed by atoms with Gasteiger partial charge in [-0.05, 0) is 36.4 Å². The molecule has 0 saturated carbocycles. The molecular weight excluding hydrogens is 320 g/mol. The van der Waals surface area contributed by atoms with Crippen molar-refractivity contribution in [3.8, 4) is 0 Å². The van der Waals surface area contributed by atoms with Gasteiger partial charge in [0.15, 0.2) is 5.84 Å². The third-order valence-corrected chi connectivity index (χ3v) is 3.90. The highest BCUT2D eigenvalue weighted by molar-refractivity contribution is 6.30. The Kier molecular flexibility index (Phi) is 3.81. The average molecular weight is 333 g/mol. The van der Waals surface area contributed by atoms with Crippen molar-refractivity contribution in [3.63, 3.8) is 0 Å². The van der Waals surface area contributed by atoms with Crippen LogP contribution in [0.4, 0.5) is 5.69 Å². The van der Waals surface area contributed by atoms with Crippen molar-refractivity contribution < 1.29 is 0 Å². The van der Waals surface area contributed by atoms with Crippen LogP contribution in [0.3, 0.4) is 0 Å². The SMILES string of the molecule is Clc1ccc(N=C(c2ccccc2)n2nnc3ccccc32)cc1. The summed E-state index contributed by atoms with van der Waals surface area (Å²) < 4.78 is 1.76. The van der Waals surface area contributed by atoms with Crippen LogP contribution in [0, 0.1) is 0 Å². The maximum atomic E-state index is 5.97. The van der Waals surface area contributed by atoms with Gasteiger partial charge < -0.3 is 0 Å². The Balaban J connectivity index is 1.92. The first-order chi connectivity index (χ1) is 11.8. The van der Waals surface area contributed by atoms with E-state index in [4.69, 9.17) is 16.6 Å². The molecule has 0 N–H and O–H groups in total. The number of aromatic nitrogens is 3. The number of fused-ring (bicyclic) bond motifs is 1. The van der Waals surface area contributed by atoms with Gasteiger partial charge in [-0.2, -0.15) is 4.68 Å². The van der Waals surface area contributed by atoms with Crippen LogP contribution in [0.25, 0.3) is 11.0 Å². The van der Waals surface area contributed by atoms with Crippen molar-refractivity contribution in [1.82, 2.24) is 15.0 Å². The molecule has 0 saturated heterocycles. The van der Waals surface area contributed by atoms with Gasteiger partial charge in [0.2, 0.25) is 0 Å². The second-order valence-electron chi connectivity index (χ2n) is 5.27. The second kappa shape index (κ2) is 6.26. The molecule has 24 heavy (non-hydrogen) atoms. The van der Waals surface area contributed by atoms with E-state index in [-0.39, 0.29) is 0 Å². The molecule has 1 heterocycles. The summed E-state index contributed by atoms with van der Waals surface area (Å²) in [6.07, 6.45) is 0. The first-order valence-corrected chi connectivity index (χ1v) is 7.89. The molecule has 0 aliphatic heterocycles. The van der Waals surface area contributed by atoms with Crippen molar-refractivity contribution in [2.75, 3.05) is 0 Å². The van der Waals surface area contributed by atoms with Crippen LogP contribution in [0.2, 0.25) is 5.02 Å². The van der Waals surface area contributed by atoms with E-state index in [9.17, 15) is 0 Å². The number of halogens is 1. The third-order valence-electron chi connectivity index (χ3n) is 3.65. The maximum Gasteiger partial charge on any atom is 0.163 e. The van der Waals surface area contributed by atoms with E-state index in [1.54, 1.807) is 4.68 Å². The van der Waals surface area contributed by atoms with Crippen molar-refractivity contribution in [2.24, 2.45) is 4.99 Å². The number of hydrogen-bond donors (Lipinski definition) is 0. The van der Waals surface area contributed by atoms with Gasteiger partial charge in [0.1, 0.15) is 5.52 Å². The molecule has 116 valence electrons. The van der Waals surface area contributed by atoms with Gasteiger partial charge in [-0.3, -0.25) is 0 Å². The molecule has 4 rings (SSSR count). The van der Waals surface area contributed by atoms with Crippen LogP contribution < -0.4 is 0 Å². The average Bonchev–Trinajstić information content (AvgIpc) is 3.06. The highest BCUT2D eigenvalue weighted by atomic mass is 35.5. The summed E-state index contributed by atoms with van der Waals surface area (Å²) in [7, 11) is 0. The predicted molar refractivity (Wildman–Crippen MR) is 97.0 cm³/mol. The number of nitrogens with zero attached hydrogens (tertiary/aromatic N) is 4. The van der Waals surface area contributed by atoms with E-state index in [0.717, 1.165) is 22.3 Å². The molecule has 3 aromatic carbocycles. The van der Waals surface area contributed by atoms with E-state index < -0.39 is 0 Å². The van der Waals surface area contributed by atoms with Gasteiger partial charge in [-0.1, -0.05) is 59.3 Å². The van der Waals surface area contributed by atoms with Crippen molar-refractivity contribution in [3.05, 3.63) is 89.4 Å². The second-order valence-corrected chi connectivity index (χ2v) is 5.70. The highest BCUT2D eigenvalue weighted by Crippen LogP contribution is 2.20. The van der Waals surface area contributed by atoms with Crippen LogP contribution in [0.5, 0.6) is 0 Å². The molecule has 0 bridgehead atoms. The standard InChI is InChI=1S/C19H13ClN4/c20-15-10-12-16(13-11-15)21-19(14-6-2-1-3-7-14)24-18-9-5-4-8-17(18)22-23-24/h1-13H. The lowest BCUT2D eigenvalue weighted by atomic mass is 10.2. The van der Waals surface area contributed by atoms with Gasteiger partial charge in [-0.15, -0.1) is 5.10 Å². The Morgan fingerprint density at radius 3 is 2.33 bits per heavy atom. The fourth-order valence-corrected chi connectivity index (χ4v) is 2.61. The zero-order valence-corrected chi connectivity index (χ0v) is 13.4. The fraction of sp³-hybridized carbons (Fsp3) is 0. The molecule has 0 spiro atoms. The van der Waals surface area contributed by atoms with Gasteiger partial charge in [0.05, 0.1) is 11.2 Å². The number of hydrogen-bond acceptors (Lipinski definition) is 3. The lowest BCUT2D eigenvalue weighted by molar-refractivity contribution is 0.861. The molecule has 5 heteroatoms. The third kappa shape index (κ3) is 2.79. The lowest BCUT2D eigenvalue weighted by Crippen LogP contribution is -2.15. The Morgan fingerprint density at radius 1 is 0.833 bits per heavy atom. The molecule has 4 aromatic rings. The summed E-state index contributed by atoms with van der Waals surface area (Å²) in [5.41, 5.74) is 3.51. The van der Waals surface area contributed by atoms with Crippen molar-refractivity contribution in [2.45, 2.75) is 0 Å². The van der Waals surface area contributed by atoms with Crippen LogP contribution in [0.15, 0.2) is 83.9 Å². The largest absolute Gasteiger partial charge is 0.229 e. The van der Waals surface area contributed by atoms with Gasteiger partial charge in [0, 0.05) is 10.6 Å². The maximum absolute atomic E-state index is 5.97. The lowest BCUT2D eigenvalue weighted by Gasteiger charge is -2.08. The summed E-state index contributed by atoms with van der Waals surface area (Å²) >= 11 is 5.97. The highest BCUT2D eigenvalue weighted by Gasteiger charge is 2.12. The first-order valence-electron chi connectivity index (χ1n) is 7.52. The van der Waals surface area contributed by atoms with Gasteiger partial charge >= 0.3 is 0 Å². The molecule has 0 aliphatic rings. The van der Waals surface area contributed by atoms with Crippen molar-refractivity contribution in [1.29, 1.82) is 0 Å². The number of rotatable bonds is 2. The Morgan fingerprint density at radius 2 is 1.54 bits per heavy atom. The molecule has 0 aliphatic carbocycles. The van der Waals surface area contributed by atoms with Crippen LogP contribution in [0.1, 0.15) is 5.56 Å². The molecule has 0 amide bonds. The molecule has 0 radical (unpaired) electrons. The zero-order chi connectivity index (χ0) is 16.4. The topological polar surface area (TPSA) is 43.1 Å². The van der Waals surface area contributed by atoms with E-state index in [0.29, 0.717) is 10.9 Å². The fourth-order valence-electron chi connectivity index (χ4n) is 2.48. The Labute approximate surface area is 144 Å². The molecule has 1 aromatic heterocycles. The number of benzene rings is 3. The smallest absolute Gasteiger partial charge is 0.163 e. The summed E-state index contributed by atoms with van der Waals surface area (Å²) in [6, 6.07) is 25.2. The minimum Gasteiger partial charge on any atom is -0.229 e. The van der Waals surface area contributed by atoms with Crippen molar-refractivity contribution >= 4 is 34.2 Å². The molecule has 0 atom stereocenters. The monoisotopic (exact) mass is 332 g/mol. The Bertz CT molecular complexity index is 1000. The number of para-hydroxylation sites is 1. The van der Waals surface area contributed by atoms with E-state index in [2.05, 4.69) is 10.3 Å². The van der Waals surface area contributed by atoms with Crippen LogP contribution in [-0.4, -0.2) is 20.8 Å². The number of aliphatic imine (C=N–C) groups is 1. The molecule has 4 nitrogen and oxygen atoms in total. The molecular formula is C19H13ClN4. The summed E-state index contributed by atoms with van der Waals surface area (Å²) in [6.45, 7) is 0.